The Balaban J connectivity index is 1.71. The summed E-state index contributed by atoms with van der Waals surface area (Å²) in [6.45, 7) is 10.6. The van der Waals surface area contributed by atoms with Crippen LogP contribution in [0.3, 0.4) is 0 Å². The first kappa shape index (κ1) is 37.0. The Morgan fingerprint density at radius 2 is 1.06 bits per heavy atom. The third-order valence-corrected chi connectivity index (χ3v) is 7.11. The second kappa shape index (κ2) is 16.9. The predicted octanol–water partition coefficient (Wildman–Crippen LogP) is 8.83. The Morgan fingerprint density at radius 3 is 1.45 bits per heavy atom. The summed E-state index contributed by atoms with van der Waals surface area (Å²) in [6, 6.07) is 29.5. The van der Waals surface area contributed by atoms with Crippen LogP contribution in [0, 0.1) is 0 Å². The number of methoxy groups -OCH3 is 1. The minimum atomic E-state index is -1.22. The number of nitrogens with zero attached hydrogens (tertiary/aromatic N) is 1. The SMILES string of the molecule is COC(=O)[C@H](CC/C=C\CCCOC(c1ccccc1)(c1ccccc1)c1ccccc1)N(C(=O)OC(C)(C)C)C(=O)OC(C)(C)C. The molecule has 0 N–H and O–H groups in total. The van der Waals surface area contributed by atoms with Crippen LogP contribution < -0.4 is 0 Å². The number of carbonyl (C=O) groups is 3. The van der Waals surface area contributed by atoms with E-state index in [9.17, 15) is 14.4 Å². The van der Waals surface area contributed by atoms with E-state index < -0.39 is 41.0 Å². The summed E-state index contributed by atoms with van der Waals surface area (Å²) in [5, 5.41) is 0. The Hall–Kier alpha value is -4.43. The van der Waals surface area contributed by atoms with Gasteiger partial charge in [0.2, 0.25) is 0 Å². The van der Waals surface area contributed by atoms with Crippen molar-refractivity contribution in [2.45, 2.75) is 90.1 Å². The molecule has 0 aromatic heterocycles. The van der Waals surface area contributed by atoms with Gasteiger partial charge in [0, 0.05) is 6.61 Å². The van der Waals surface area contributed by atoms with Gasteiger partial charge in [0.1, 0.15) is 22.8 Å². The molecule has 0 radical (unpaired) electrons. The number of hydrogen-bond acceptors (Lipinski definition) is 7. The van der Waals surface area contributed by atoms with Gasteiger partial charge >= 0.3 is 18.2 Å². The molecule has 0 fully saturated rings. The maximum Gasteiger partial charge on any atom is 0.420 e. The molecule has 1 atom stereocenters. The Kier molecular flexibility index (Phi) is 13.3. The lowest BCUT2D eigenvalue weighted by Gasteiger charge is -2.36. The first-order valence-corrected chi connectivity index (χ1v) is 16.1. The van der Waals surface area contributed by atoms with Crippen molar-refractivity contribution in [3.05, 3.63) is 120 Å². The van der Waals surface area contributed by atoms with Gasteiger partial charge in [-0.1, -0.05) is 103 Å². The molecule has 47 heavy (non-hydrogen) atoms. The highest BCUT2D eigenvalue weighted by Crippen LogP contribution is 2.40. The van der Waals surface area contributed by atoms with Gasteiger partial charge in [0.25, 0.3) is 0 Å². The average molecular weight is 644 g/mol. The van der Waals surface area contributed by atoms with Crippen molar-refractivity contribution < 1.29 is 33.3 Å². The molecule has 0 heterocycles. The maximum absolute atomic E-state index is 13.1. The Morgan fingerprint density at radius 1 is 0.660 bits per heavy atom. The minimum absolute atomic E-state index is 0.136. The van der Waals surface area contributed by atoms with Crippen LogP contribution >= 0.6 is 0 Å². The molecule has 0 saturated carbocycles. The number of carbonyl (C=O) groups excluding carboxylic acids is 3. The van der Waals surface area contributed by atoms with Crippen LogP contribution in [0.1, 0.15) is 83.9 Å². The zero-order valence-corrected chi connectivity index (χ0v) is 28.7. The van der Waals surface area contributed by atoms with Gasteiger partial charge in [-0.25, -0.2) is 14.4 Å². The normalized spacial score (nSPS) is 12.7. The molecule has 0 aliphatic heterocycles. The molecule has 252 valence electrons. The molecule has 3 aromatic rings. The van der Waals surface area contributed by atoms with Gasteiger partial charge in [-0.15, -0.1) is 0 Å². The van der Waals surface area contributed by atoms with Crippen LogP contribution in [-0.2, 0) is 29.3 Å². The maximum atomic E-state index is 13.1. The lowest BCUT2D eigenvalue weighted by atomic mass is 9.80. The standard InChI is InChI=1S/C39H49NO7/c1-37(2,3)46-35(42)40(36(43)47-38(4,5)6)33(34(41)44-7)28-20-9-8-10-21-29-45-39(30-22-14-11-15-23-30,31-24-16-12-17-25-31)32-26-18-13-19-27-32/h8-9,11-19,22-27,33H,10,20-21,28-29H2,1-7H3/b9-8-/t33-/m0/s1. The van der Waals surface area contributed by atoms with Gasteiger partial charge in [-0.3, -0.25) is 0 Å². The van der Waals surface area contributed by atoms with Gasteiger partial charge in [-0.2, -0.15) is 4.90 Å². The number of amides is 2. The molecule has 2 amide bonds. The fourth-order valence-corrected chi connectivity index (χ4v) is 5.12. The quantitative estimate of drug-likeness (QED) is 0.0604. The third kappa shape index (κ3) is 10.8. The number of allylic oxidation sites excluding steroid dienone is 2. The summed E-state index contributed by atoms with van der Waals surface area (Å²) >= 11 is 0. The molecule has 8 heteroatoms. The van der Waals surface area contributed by atoms with Gasteiger partial charge in [-0.05, 0) is 83.9 Å². The van der Waals surface area contributed by atoms with E-state index in [-0.39, 0.29) is 6.42 Å². The number of imide groups is 1. The molecule has 0 bridgehead atoms. The zero-order valence-electron chi connectivity index (χ0n) is 28.7. The van der Waals surface area contributed by atoms with E-state index in [0.29, 0.717) is 13.0 Å². The fourth-order valence-electron chi connectivity index (χ4n) is 5.12. The lowest BCUT2D eigenvalue weighted by molar-refractivity contribution is -0.146. The minimum Gasteiger partial charge on any atom is -0.467 e. The number of rotatable bonds is 13. The van der Waals surface area contributed by atoms with Crippen molar-refractivity contribution in [3.63, 3.8) is 0 Å². The highest BCUT2D eigenvalue weighted by molar-refractivity contribution is 5.94. The number of esters is 1. The zero-order chi connectivity index (χ0) is 34.5. The van der Waals surface area contributed by atoms with Crippen LogP contribution in [0.25, 0.3) is 0 Å². The second-order valence-electron chi connectivity index (χ2n) is 13.2. The van der Waals surface area contributed by atoms with Gasteiger partial charge in [0.05, 0.1) is 7.11 Å². The summed E-state index contributed by atoms with van der Waals surface area (Å²) in [5.74, 6) is -0.734. The predicted molar refractivity (Wildman–Crippen MR) is 183 cm³/mol. The molecular formula is C39H49NO7. The fraction of sp³-hybridized carbons (Fsp3) is 0.410. The summed E-state index contributed by atoms with van der Waals surface area (Å²) in [4.78, 5) is 39.8. The molecule has 0 unspecified atom stereocenters. The van der Waals surface area contributed by atoms with Crippen molar-refractivity contribution >= 4 is 18.2 Å². The third-order valence-electron chi connectivity index (χ3n) is 7.11. The monoisotopic (exact) mass is 643 g/mol. The van der Waals surface area contributed by atoms with E-state index in [0.717, 1.165) is 34.4 Å². The highest BCUT2D eigenvalue weighted by Gasteiger charge is 2.41. The topological polar surface area (TPSA) is 91.4 Å². The molecule has 3 aromatic carbocycles. The average Bonchev–Trinajstić information content (AvgIpc) is 3.02. The van der Waals surface area contributed by atoms with Crippen molar-refractivity contribution in [2.75, 3.05) is 13.7 Å². The number of unbranched alkanes of at least 4 members (excludes halogenated alkanes) is 1. The molecule has 0 aliphatic rings. The molecule has 8 nitrogen and oxygen atoms in total. The highest BCUT2D eigenvalue weighted by atomic mass is 16.6. The molecule has 3 rings (SSSR count). The van der Waals surface area contributed by atoms with E-state index in [2.05, 4.69) is 36.4 Å². The second-order valence-corrected chi connectivity index (χ2v) is 13.2. The smallest absolute Gasteiger partial charge is 0.420 e. The molecule has 0 spiro atoms. The van der Waals surface area contributed by atoms with E-state index in [1.165, 1.54) is 7.11 Å². The Labute approximate surface area is 279 Å². The lowest BCUT2D eigenvalue weighted by Crippen LogP contribution is -2.52. The van der Waals surface area contributed by atoms with E-state index in [4.69, 9.17) is 18.9 Å². The largest absolute Gasteiger partial charge is 0.467 e. The van der Waals surface area contributed by atoms with E-state index in [1.807, 2.05) is 66.7 Å². The number of ether oxygens (including phenoxy) is 4. The van der Waals surface area contributed by atoms with Crippen LogP contribution in [-0.4, -0.2) is 54.0 Å². The van der Waals surface area contributed by atoms with Gasteiger partial charge < -0.3 is 18.9 Å². The number of benzene rings is 3. The molecule has 0 aliphatic carbocycles. The van der Waals surface area contributed by atoms with E-state index in [1.54, 1.807) is 41.5 Å². The van der Waals surface area contributed by atoms with Crippen LogP contribution in [0.15, 0.2) is 103 Å². The van der Waals surface area contributed by atoms with Crippen molar-refractivity contribution in [1.29, 1.82) is 0 Å². The van der Waals surface area contributed by atoms with Crippen LogP contribution in [0.5, 0.6) is 0 Å². The molecular weight excluding hydrogens is 594 g/mol. The first-order valence-electron chi connectivity index (χ1n) is 16.1. The summed E-state index contributed by atoms with van der Waals surface area (Å²) in [7, 11) is 1.22. The van der Waals surface area contributed by atoms with Crippen molar-refractivity contribution in [3.8, 4) is 0 Å². The van der Waals surface area contributed by atoms with Crippen molar-refractivity contribution in [2.24, 2.45) is 0 Å². The van der Waals surface area contributed by atoms with Gasteiger partial charge in [0.15, 0.2) is 0 Å². The number of hydrogen-bond donors (Lipinski definition) is 0. The first-order chi connectivity index (χ1) is 22.3. The molecule has 0 saturated heterocycles. The summed E-state index contributed by atoms with van der Waals surface area (Å²) in [6.07, 6.45) is 4.01. The van der Waals surface area contributed by atoms with Crippen molar-refractivity contribution in [1.82, 2.24) is 4.90 Å². The summed E-state index contributed by atoms with van der Waals surface area (Å²) in [5.41, 5.74) is 0.565. The summed E-state index contributed by atoms with van der Waals surface area (Å²) < 4.78 is 22.7. The van der Waals surface area contributed by atoms with Crippen LogP contribution in [0.2, 0.25) is 0 Å². The Bertz CT molecular complexity index is 1320. The van der Waals surface area contributed by atoms with E-state index >= 15 is 0 Å². The van der Waals surface area contributed by atoms with Crippen LogP contribution in [0.4, 0.5) is 9.59 Å².